The second-order valence-electron chi connectivity index (χ2n) is 6.90. The number of halogens is 1. The SMILES string of the molecule is C=CC(=O)N1CCc2c(ccc(Nc3ccc(Br)cc3)c2-c2cn(C)cn2)C1. The maximum absolute atomic E-state index is 12.0. The molecule has 6 heteroatoms. The van der Waals surface area contributed by atoms with Gasteiger partial charge in [0, 0.05) is 47.7 Å². The van der Waals surface area contributed by atoms with Crippen LogP contribution in [0.15, 0.2) is 66.1 Å². The Labute approximate surface area is 172 Å². The Balaban J connectivity index is 1.78. The van der Waals surface area contributed by atoms with Crippen LogP contribution in [-0.2, 0) is 24.8 Å². The average molecular weight is 437 g/mol. The highest BCUT2D eigenvalue weighted by atomic mass is 79.9. The van der Waals surface area contributed by atoms with E-state index in [2.05, 4.69) is 44.9 Å². The number of aromatic nitrogens is 2. The van der Waals surface area contributed by atoms with Crippen molar-refractivity contribution in [1.82, 2.24) is 14.5 Å². The van der Waals surface area contributed by atoms with Gasteiger partial charge in [-0.1, -0.05) is 28.6 Å². The standard InChI is InChI=1S/C22H21BrN4O/c1-3-21(28)27-11-10-18-15(12-27)4-9-19(22(18)20-13-26(2)14-24-20)25-17-7-5-16(23)6-8-17/h3-9,13-14,25H,1,10-12H2,2H3. The number of carbonyl (C=O) groups excluding carboxylic acids is 1. The molecule has 28 heavy (non-hydrogen) atoms. The number of benzene rings is 2. The van der Waals surface area contributed by atoms with Gasteiger partial charge in [0.05, 0.1) is 12.0 Å². The quantitative estimate of drug-likeness (QED) is 0.604. The first-order valence-electron chi connectivity index (χ1n) is 9.12. The molecule has 2 aromatic carbocycles. The molecular weight excluding hydrogens is 416 g/mol. The number of anilines is 2. The number of aryl methyl sites for hydroxylation is 1. The summed E-state index contributed by atoms with van der Waals surface area (Å²) in [6.07, 6.45) is 6.02. The zero-order valence-electron chi connectivity index (χ0n) is 15.7. The Kier molecular flexibility index (Phi) is 5.05. The lowest BCUT2D eigenvalue weighted by atomic mass is 9.91. The average Bonchev–Trinajstić information content (AvgIpc) is 3.14. The van der Waals surface area contributed by atoms with E-state index in [0.29, 0.717) is 13.1 Å². The van der Waals surface area contributed by atoms with Gasteiger partial charge in [0.2, 0.25) is 5.91 Å². The van der Waals surface area contributed by atoms with Gasteiger partial charge >= 0.3 is 0 Å². The van der Waals surface area contributed by atoms with Crippen molar-refractivity contribution in [3.8, 4) is 11.3 Å². The molecule has 0 saturated heterocycles. The summed E-state index contributed by atoms with van der Waals surface area (Å²) in [6, 6.07) is 12.3. The van der Waals surface area contributed by atoms with Crippen LogP contribution in [0.25, 0.3) is 11.3 Å². The first-order valence-corrected chi connectivity index (χ1v) is 9.91. The summed E-state index contributed by atoms with van der Waals surface area (Å²) in [5.74, 6) is -0.0258. The van der Waals surface area contributed by atoms with E-state index in [-0.39, 0.29) is 5.91 Å². The van der Waals surface area contributed by atoms with Crippen LogP contribution in [-0.4, -0.2) is 26.9 Å². The first-order chi connectivity index (χ1) is 13.5. The summed E-state index contributed by atoms with van der Waals surface area (Å²) in [5, 5.41) is 3.54. The van der Waals surface area contributed by atoms with Gasteiger partial charge in [0.1, 0.15) is 0 Å². The maximum atomic E-state index is 12.0. The van der Waals surface area contributed by atoms with Crippen molar-refractivity contribution < 1.29 is 4.79 Å². The third kappa shape index (κ3) is 3.60. The third-order valence-electron chi connectivity index (χ3n) is 4.97. The molecule has 0 fully saturated rings. The van der Waals surface area contributed by atoms with Gasteiger partial charge in [-0.15, -0.1) is 0 Å². The second-order valence-corrected chi connectivity index (χ2v) is 7.81. The Morgan fingerprint density at radius 2 is 2.04 bits per heavy atom. The number of nitrogens with one attached hydrogen (secondary N) is 1. The van der Waals surface area contributed by atoms with Crippen LogP contribution < -0.4 is 5.32 Å². The van der Waals surface area contributed by atoms with Gasteiger partial charge in [-0.2, -0.15) is 0 Å². The van der Waals surface area contributed by atoms with Crippen molar-refractivity contribution >= 4 is 33.2 Å². The minimum absolute atomic E-state index is 0.0258. The highest BCUT2D eigenvalue weighted by molar-refractivity contribution is 9.10. The minimum Gasteiger partial charge on any atom is -0.355 e. The fraction of sp³-hybridized carbons (Fsp3) is 0.182. The van der Waals surface area contributed by atoms with E-state index in [9.17, 15) is 4.79 Å². The largest absolute Gasteiger partial charge is 0.355 e. The second kappa shape index (κ2) is 7.64. The molecule has 0 radical (unpaired) electrons. The number of imidazole rings is 1. The topological polar surface area (TPSA) is 50.2 Å². The molecular formula is C22H21BrN4O. The van der Waals surface area contributed by atoms with Gasteiger partial charge in [-0.25, -0.2) is 4.98 Å². The van der Waals surface area contributed by atoms with E-state index < -0.39 is 0 Å². The molecule has 0 saturated carbocycles. The number of hydrogen-bond acceptors (Lipinski definition) is 3. The maximum Gasteiger partial charge on any atom is 0.246 e. The van der Waals surface area contributed by atoms with Crippen molar-refractivity contribution in [2.24, 2.45) is 7.05 Å². The molecule has 4 rings (SSSR count). The number of amides is 1. The molecule has 1 aliphatic rings. The van der Waals surface area contributed by atoms with Crippen LogP contribution >= 0.6 is 15.9 Å². The van der Waals surface area contributed by atoms with Gasteiger partial charge in [0.15, 0.2) is 0 Å². The van der Waals surface area contributed by atoms with Crippen molar-refractivity contribution in [2.75, 3.05) is 11.9 Å². The first kappa shape index (κ1) is 18.5. The summed E-state index contributed by atoms with van der Waals surface area (Å²) in [4.78, 5) is 18.5. The molecule has 1 aliphatic heterocycles. The van der Waals surface area contributed by atoms with E-state index in [0.717, 1.165) is 39.1 Å². The molecule has 0 bridgehead atoms. The monoisotopic (exact) mass is 436 g/mol. The Morgan fingerprint density at radius 1 is 1.25 bits per heavy atom. The number of hydrogen-bond donors (Lipinski definition) is 1. The van der Waals surface area contributed by atoms with E-state index in [1.807, 2.05) is 53.3 Å². The molecule has 1 amide bonds. The summed E-state index contributed by atoms with van der Waals surface area (Å²) in [5.41, 5.74) is 6.47. The molecule has 0 spiro atoms. The molecule has 0 aliphatic carbocycles. The van der Waals surface area contributed by atoms with Crippen LogP contribution in [0.3, 0.4) is 0 Å². The predicted molar refractivity (Wildman–Crippen MR) is 115 cm³/mol. The number of carbonyl (C=O) groups is 1. The Hall–Kier alpha value is -2.86. The predicted octanol–water partition coefficient (Wildman–Crippen LogP) is 4.66. The third-order valence-corrected chi connectivity index (χ3v) is 5.50. The molecule has 142 valence electrons. The lowest BCUT2D eigenvalue weighted by Gasteiger charge is -2.30. The number of fused-ring (bicyclic) bond motifs is 1. The van der Waals surface area contributed by atoms with E-state index >= 15 is 0 Å². The zero-order valence-corrected chi connectivity index (χ0v) is 17.2. The Bertz CT molecular complexity index is 1040. The van der Waals surface area contributed by atoms with Crippen LogP contribution in [0.1, 0.15) is 11.1 Å². The van der Waals surface area contributed by atoms with Crippen LogP contribution in [0.4, 0.5) is 11.4 Å². The summed E-state index contributed by atoms with van der Waals surface area (Å²) in [6.45, 7) is 4.89. The fourth-order valence-electron chi connectivity index (χ4n) is 3.60. The van der Waals surface area contributed by atoms with Gasteiger partial charge in [-0.3, -0.25) is 4.79 Å². The minimum atomic E-state index is -0.0258. The fourth-order valence-corrected chi connectivity index (χ4v) is 3.87. The molecule has 1 N–H and O–H groups in total. The Morgan fingerprint density at radius 3 is 2.71 bits per heavy atom. The molecule has 1 aromatic heterocycles. The number of rotatable bonds is 4. The van der Waals surface area contributed by atoms with Crippen LogP contribution in [0.5, 0.6) is 0 Å². The lowest BCUT2D eigenvalue weighted by Crippen LogP contribution is -2.35. The molecule has 3 aromatic rings. The zero-order chi connectivity index (χ0) is 19.7. The van der Waals surface area contributed by atoms with Gasteiger partial charge in [-0.05, 0) is 54.0 Å². The normalized spacial score (nSPS) is 13.1. The smallest absolute Gasteiger partial charge is 0.246 e. The highest BCUT2D eigenvalue weighted by Crippen LogP contribution is 2.37. The van der Waals surface area contributed by atoms with Crippen molar-refractivity contribution in [1.29, 1.82) is 0 Å². The molecule has 0 atom stereocenters. The van der Waals surface area contributed by atoms with Gasteiger partial charge in [0.25, 0.3) is 0 Å². The van der Waals surface area contributed by atoms with Gasteiger partial charge < -0.3 is 14.8 Å². The van der Waals surface area contributed by atoms with Crippen LogP contribution in [0.2, 0.25) is 0 Å². The number of nitrogens with zero attached hydrogens (tertiary/aromatic N) is 3. The molecule has 5 nitrogen and oxygen atoms in total. The van der Waals surface area contributed by atoms with E-state index in [1.54, 1.807) is 0 Å². The van der Waals surface area contributed by atoms with E-state index in [4.69, 9.17) is 0 Å². The molecule has 2 heterocycles. The molecule has 0 unspecified atom stereocenters. The summed E-state index contributed by atoms with van der Waals surface area (Å²) >= 11 is 3.48. The van der Waals surface area contributed by atoms with E-state index in [1.165, 1.54) is 11.6 Å². The summed E-state index contributed by atoms with van der Waals surface area (Å²) < 4.78 is 2.99. The highest BCUT2D eigenvalue weighted by Gasteiger charge is 2.24. The van der Waals surface area contributed by atoms with Crippen LogP contribution in [0, 0.1) is 0 Å². The van der Waals surface area contributed by atoms with Crippen molar-refractivity contribution in [3.63, 3.8) is 0 Å². The van der Waals surface area contributed by atoms with Crippen molar-refractivity contribution in [2.45, 2.75) is 13.0 Å². The summed E-state index contributed by atoms with van der Waals surface area (Å²) in [7, 11) is 1.97. The van der Waals surface area contributed by atoms with Crippen molar-refractivity contribution in [3.05, 3.63) is 77.2 Å². The lowest BCUT2D eigenvalue weighted by molar-refractivity contribution is -0.126.